The maximum absolute atomic E-state index is 4.88. The number of fused-ring (bicyclic) bond motifs is 1. The highest BCUT2D eigenvalue weighted by Crippen LogP contribution is 2.26. The van der Waals surface area contributed by atoms with Crippen molar-refractivity contribution in [2.24, 2.45) is 0 Å². The normalized spacial score (nSPS) is 18.2. The van der Waals surface area contributed by atoms with E-state index >= 15 is 0 Å². The zero-order chi connectivity index (χ0) is 15.5. The summed E-state index contributed by atoms with van der Waals surface area (Å²) in [6.45, 7) is 1.15. The Morgan fingerprint density at radius 1 is 0.957 bits per heavy atom. The molecule has 1 saturated heterocycles. The number of hydrogen-bond acceptors (Lipinski definition) is 2. The van der Waals surface area contributed by atoms with Crippen molar-refractivity contribution in [3.63, 3.8) is 0 Å². The van der Waals surface area contributed by atoms with Gasteiger partial charge in [-0.25, -0.2) is 4.98 Å². The molecule has 0 aliphatic carbocycles. The van der Waals surface area contributed by atoms with Crippen LogP contribution < -0.4 is 5.32 Å². The summed E-state index contributed by atoms with van der Waals surface area (Å²) in [5.41, 5.74) is 4.78. The molecule has 0 unspecified atom stereocenters. The number of nitrogens with one attached hydrogen (secondary N) is 1. The van der Waals surface area contributed by atoms with Crippen molar-refractivity contribution in [2.75, 3.05) is 6.54 Å². The second kappa shape index (κ2) is 6.51. The number of pyridine rings is 1. The van der Waals surface area contributed by atoms with E-state index in [1.807, 2.05) is 0 Å². The SMILES string of the molecule is c1ccc(-c2cc(C[C@@H]3CCCCN3)c3ccccc3n2)cc1. The fourth-order valence-electron chi connectivity index (χ4n) is 3.54. The molecule has 4 rings (SSSR count). The fourth-order valence-corrected chi connectivity index (χ4v) is 3.54. The molecule has 1 fully saturated rings. The van der Waals surface area contributed by atoms with E-state index in [4.69, 9.17) is 4.98 Å². The number of nitrogens with zero attached hydrogens (tertiary/aromatic N) is 1. The predicted molar refractivity (Wildman–Crippen MR) is 96.5 cm³/mol. The first-order valence-electron chi connectivity index (χ1n) is 8.57. The quantitative estimate of drug-likeness (QED) is 0.765. The zero-order valence-corrected chi connectivity index (χ0v) is 13.3. The topological polar surface area (TPSA) is 24.9 Å². The number of hydrogen-bond donors (Lipinski definition) is 1. The molecule has 1 aliphatic heterocycles. The largest absolute Gasteiger partial charge is 0.314 e. The van der Waals surface area contributed by atoms with Crippen LogP contribution in [0.5, 0.6) is 0 Å². The van der Waals surface area contributed by atoms with Crippen LogP contribution >= 0.6 is 0 Å². The van der Waals surface area contributed by atoms with Gasteiger partial charge in [-0.2, -0.15) is 0 Å². The van der Waals surface area contributed by atoms with E-state index in [0.717, 1.165) is 24.2 Å². The molecule has 0 bridgehead atoms. The summed E-state index contributed by atoms with van der Waals surface area (Å²) < 4.78 is 0. The van der Waals surface area contributed by atoms with E-state index in [1.54, 1.807) is 0 Å². The van der Waals surface area contributed by atoms with E-state index < -0.39 is 0 Å². The van der Waals surface area contributed by atoms with Crippen LogP contribution in [0.1, 0.15) is 24.8 Å². The Hall–Kier alpha value is -2.19. The summed E-state index contributed by atoms with van der Waals surface area (Å²) in [6, 6.07) is 21.9. The van der Waals surface area contributed by atoms with Crippen LogP contribution in [0.2, 0.25) is 0 Å². The second-order valence-electron chi connectivity index (χ2n) is 6.40. The van der Waals surface area contributed by atoms with Gasteiger partial charge in [0.05, 0.1) is 11.2 Å². The van der Waals surface area contributed by atoms with E-state index in [9.17, 15) is 0 Å². The maximum atomic E-state index is 4.88. The summed E-state index contributed by atoms with van der Waals surface area (Å²) in [4.78, 5) is 4.88. The first kappa shape index (κ1) is 14.4. The van der Waals surface area contributed by atoms with Crippen molar-refractivity contribution in [2.45, 2.75) is 31.7 Å². The minimum atomic E-state index is 0.596. The monoisotopic (exact) mass is 302 g/mol. The number of piperidine rings is 1. The molecular weight excluding hydrogens is 280 g/mol. The van der Waals surface area contributed by atoms with Crippen molar-refractivity contribution >= 4 is 10.9 Å². The molecule has 1 N–H and O–H groups in total. The third-order valence-electron chi connectivity index (χ3n) is 4.75. The lowest BCUT2D eigenvalue weighted by Crippen LogP contribution is -2.35. The van der Waals surface area contributed by atoms with Crippen LogP contribution in [0.3, 0.4) is 0 Å². The molecule has 2 heterocycles. The van der Waals surface area contributed by atoms with E-state index in [1.165, 1.54) is 35.8 Å². The smallest absolute Gasteiger partial charge is 0.0712 e. The van der Waals surface area contributed by atoms with Crippen LogP contribution in [0.25, 0.3) is 22.2 Å². The van der Waals surface area contributed by atoms with Crippen molar-refractivity contribution in [3.8, 4) is 11.3 Å². The van der Waals surface area contributed by atoms with Gasteiger partial charge in [0, 0.05) is 17.0 Å². The molecule has 116 valence electrons. The third-order valence-corrected chi connectivity index (χ3v) is 4.75. The Morgan fingerprint density at radius 2 is 1.78 bits per heavy atom. The van der Waals surface area contributed by atoms with Gasteiger partial charge in [-0.05, 0) is 43.5 Å². The van der Waals surface area contributed by atoms with Gasteiger partial charge < -0.3 is 5.32 Å². The number of para-hydroxylation sites is 1. The van der Waals surface area contributed by atoms with Crippen molar-refractivity contribution in [1.82, 2.24) is 10.3 Å². The standard InChI is InChI=1S/C21H22N2/c1-2-8-16(9-3-1)21-15-17(14-18-10-6-7-13-22-18)19-11-4-5-12-20(19)23-21/h1-5,8-9,11-12,15,18,22H,6-7,10,13-14H2/t18-/m0/s1. The fraction of sp³-hybridized carbons (Fsp3) is 0.286. The second-order valence-corrected chi connectivity index (χ2v) is 6.40. The lowest BCUT2D eigenvalue weighted by atomic mass is 9.94. The Balaban J connectivity index is 1.77. The summed E-state index contributed by atoms with van der Waals surface area (Å²) in [6.07, 6.45) is 5.01. The van der Waals surface area contributed by atoms with Crippen molar-refractivity contribution < 1.29 is 0 Å². The van der Waals surface area contributed by atoms with Gasteiger partial charge in [-0.15, -0.1) is 0 Å². The van der Waals surface area contributed by atoms with Gasteiger partial charge in [-0.3, -0.25) is 0 Å². The average Bonchev–Trinajstić information content (AvgIpc) is 2.63. The van der Waals surface area contributed by atoms with Crippen LogP contribution in [0.4, 0.5) is 0 Å². The summed E-state index contributed by atoms with van der Waals surface area (Å²) in [7, 11) is 0. The molecule has 3 aromatic rings. The van der Waals surface area contributed by atoms with Gasteiger partial charge in [0.2, 0.25) is 0 Å². The molecule has 0 amide bonds. The highest BCUT2D eigenvalue weighted by molar-refractivity contribution is 5.85. The molecule has 0 radical (unpaired) electrons. The van der Waals surface area contributed by atoms with Gasteiger partial charge in [0.25, 0.3) is 0 Å². The molecule has 0 spiro atoms. The summed E-state index contributed by atoms with van der Waals surface area (Å²) in [5.74, 6) is 0. The number of rotatable bonds is 3. The van der Waals surface area contributed by atoms with Gasteiger partial charge in [-0.1, -0.05) is 55.0 Å². The third kappa shape index (κ3) is 3.13. The highest BCUT2D eigenvalue weighted by atomic mass is 14.9. The van der Waals surface area contributed by atoms with Crippen LogP contribution in [0, 0.1) is 0 Å². The molecule has 23 heavy (non-hydrogen) atoms. The lowest BCUT2D eigenvalue weighted by Gasteiger charge is -2.24. The Labute approximate surface area is 137 Å². The van der Waals surface area contributed by atoms with Crippen LogP contribution in [-0.2, 0) is 6.42 Å². The zero-order valence-electron chi connectivity index (χ0n) is 13.3. The maximum Gasteiger partial charge on any atom is 0.0712 e. The molecular formula is C21H22N2. The van der Waals surface area contributed by atoms with Crippen LogP contribution in [-0.4, -0.2) is 17.6 Å². The molecule has 2 aromatic carbocycles. The molecule has 2 heteroatoms. The number of benzene rings is 2. The molecule has 2 nitrogen and oxygen atoms in total. The summed E-state index contributed by atoms with van der Waals surface area (Å²) >= 11 is 0. The average molecular weight is 302 g/mol. The first-order valence-corrected chi connectivity index (χ1v) is 8.57. The van der Waals surface area contributed by atoms with E-state index in [0.29, 0.717) is 6.04 Å². The molecule has 1 aromatic heterocycles. The Bertz CT molecular complexity index is 789. The molecule has 0 saturated carbocycles. The van der Waals surface area contributed by atoms with E-state index in [-0.39, 0.29) is 0 Å². The minimum Gasteiger partial charge on any atom is -0.314 e. The van der Waals surface area contributed by atoms with E-state index in [2.05, 4.69) is 66.0 Å². The van der Waals surface area contributed by atoms with Gasteiger partial charge in [0.15, 0.2) is 0 Å². The highest BCUT2D eigenvalue weighted by Gasteiger charge is 2.15. The van der Waals surface area contributed by atoms with Crippen molar-refractivity contribution in [3.05, 3.63) is 66.2 Å². The van der Waals surface area contributed by atoms with Gasteiger partial charge >= 0.3 is 0 Å². The molecule has 1 aliphatic rings. The van der Waals surface area contributed by atoms with Crippen molar-refractivity contribution in [1.29, 1.82) is 0 Å². The van der Waals surface area contributed by atoms with Gasteiger partial charge in [0.1, 0.15) is 0 Å². The minimum absolute atomic E-state index is 0.596. The summed E-state index contributed by atoms with van der Waals surface area (Å²) in [5, 5.41) is 4.96. The Morgan fingerprint density at radius 3 is 2.61 bits per heavy atom. The number of aromatic nitrogens is 1. The van der Waals surface area contributed by atoms with Crippen LogP contribution in [0.15, 0.2) is 60.7 Å². The Kier molecular flexibility index (Phi) is 4.08. The molecule has 1 atom stereocenters. The lowest BCUT2D eigenvalue weighted by molar-refractivity contribution is 0.400. The first-order chi connectivity index (χ1) is 11.4. The predicted octanol–water partition coefficient (Wildman–Crippen LogP) is 4.59.